The summed E-state index contributed by atoms with van der Waals surface area (Å²) in [5.41, 5.74) is 17.9. The summed E-state index contributed by atoms with van der Waals surface area (Å²) < 4.78 is 9.13. The molecule has 15 rings (SSSR count). The van der Waals surface area contributed by atoms with Crippen molar-refractivity contribution < 1.29 is 25.8 Å². The third-order valence-corrected chi connectivity index (χ3v) is 17.2. The van der Waals surface area contributed by atoms with Crippen LogP contribution in [0.1, 0.15) is 59.9 Å². The molecule has 73 heavy (non-hydrogen) atoms. The van der Waals surface area contributed by atoms with Gasteiger partial charge in [-0.15, -0.1) is 48.1 Å². The van der Waals surface area contributed by atoms with Crippen LogP contribution in [0.3, 0.4) is 0 Å². The van der Waals surface area contributed by atoms with E-state index < -0.39 is 0 Å². The van der Waals surface area contributed by atoms with E-state index in [2.05, 4.69) is 230 Å². The van der Waals surface area contributed by atoms with Gasteiger partial charge in [0.25, 0.3) is 0 Å². The van der Waals surface area contributed by atoms with Crippen LogP contribution in [0.2, 0.25) is 0 Å². The number of anilines is 4. The van der Waals surface area contributed by atoms with Crippen LogP contribution in [0.5, 0.6) is 11.5 Å². The van der Waals surface area contributed by atoms with E-state index in [9.17, 15) is 0 Å². The normalized spacial score (nSPS) is 20.6. The van der Waals surface area contributed by atoms with Crippen LogP contribution in [0.15, 0.2) is 188 Å². The van der Waals surface area contributed by atoms with Crippen LogP contribution < -0.4 is 14.5 Å². The fraction of sp³-hybridized carbons (Fsp3) is 0.194. The molecule has 5 aliphatic rings. The molecule has 3 heterocycles. The Morgan fingerprint density at radius 2 is 1.15 bits per heavy atom. The van der Waals surface area contributed by atoms with E-state index in [1.807, 2.05) is 12.1 Å². The molecule has 0 saturated heterocycles. The van der Waals surface area contributed by atoms with E-state index >= 15 is 0 Å². The minimum Gasteiger partial charge on any atom is -0.509 e. The molecule has 5 nitrogen and oxygen atoms in total. The summed E-state index contributed by atoms with van der Waals surface area (Å²) in [4.78, 5) is 9.76. The molecule has 1 aliphatic heterocycles. The SMILES string of the molecule is Cc1cc(C2(c3ccnc(-n4c5[c-]c(Oc6[c-]c(N7[CH-]N(c8c(-c9ccccc9)cccc8-c8ccccc8)c8ccccc87)ccc6)ccc5c5ccccc54)c3)C3CC4CC(C3)CC2C4)cc(C)c1C.[Pt]. The molecular weight excluding hydrogens is 1070 g/mol. The first-order chi connectivity index (χ1) is 35.4. The van der Waals surface area contributed by atoms with Gasteiger partial charge >= 0.3 is 0 Å². The molecule has 6 heteroatoms. The average molecular weight is 1130 g/mol. The number of hydrogen-bond donors (Lipinski definition) is 0. The average Bonchev–Trinajstić information content (AvgIpc) is 3.97. The number of ether oxygens (including phenoxy) is 1. The summed E-state index contributed by atoms with van der Waals surface area (Å²) in [5, 5.41) is 2.29. The van der Waals surface area contributed by atoms with Gasteiger partial charge in [-0.3, -0.25) is 0 Å². The van der Waals surface area contributed by atoms with Crippen molar-refractivity contribution in [3.05, 3.63) is 235 Å². The molecule has 0 N–H and O–H groups in total. The van der Waals surface area contributed by atoms with E-state index in [-0.39, 0.29) is 26.5 Å². The zero-order valence-corrected chi connectivity index (χ0v) is 43.6. The van der Waals surface area contributed by atoms with Crippen LogP contribution in [0, 0.1) is 63.2 Å². The maximum absolute atomic E-state index is 6.82. The summed E-state index contributed by atoms with van der Waals surface area (Å²) in [6.07, 6.45) is 8.76. The standard InChI is InChI=1S/C67H55N4O.Pt/c1-43-32-51(33-44(2)45(43)3)67(52-35-46-34-47(37-52)38-53(67)36-46)50-30-31-68-65(39-50)71-61-25-11-10-22-59(61)60-29-28-56(41-64(60)71)72-55-21-14-20-54(40-55)69-42-70(63-27-13-12-26-62(63)69)66-57(48-16-6-4-7-17-48)23-15-24-58(66)49-18-8-5-9-19-49;/h4-33,39,42,46-47,52-53H,34-38H2,1-3H3;/q-3;. The number of para-hydroxylation sites is 4. The zero-order valence-electron chi connectivity index (χ0n) is 41.3. The molecule has 0 unspecified atom stereocenters. The van der Waals surface area contributed by atoms with Crippen molar-refractivity contribution in [1.82, 2.24) is 9.55 Å². The van der Waals surface area contributed by atoms with Gasteiger partial charge in [-0.2, -0.15) is 12.1 Å². The Morgan fingerprint density at radius 3 is 1.84 bits per heavy atom. The van der Waals surface area contributed by atoms with Gasteiger partial charge in [0.05, 0.1) is 0 Å². The number of fused-ring (bicyclic) bond motifs is 4. The van der Waals surface area contributed by atoms with Crippen LogP contribution in [-0.4, -0.2) is 9.55 Å². The number of rotatable bonds is 9. The summed E-state index contributed by atoms with van der Waals surface area (Å²) in [5.74, 6) is 5.10. The van der Waals surface area contributed by atoms with Crippen molar-refractivity contribution in [1.29, 1.82) is 0 Å². The van der Waals surface area contributed by atoms with Gasteiger partial charge in [-0.05, 0) is 151 Å². The summed E-state index contributed by atoms with van der Waals surface area (Å²) in [6.45, 7) is 9.09. The minimum absolute atomic E-state index is 0. The second-order valence-electron chi connectivity index (χ2n) is 21.0. The number of pyridine rings is 1. The molecule has 4 bridgehead atoms. The van der Waals surface area contributed by atoms with Gasteiger partial charge in [-0.1, -0.05) is 127 Å². The first kappa shape index (κ1) is 45.6. The topological polar surface area (TPSA) is 33.5 Å². The van der Waals surface area contributed by atoms with Crippen LogP contribution in [-0.2, 0) is 26.5 Å². The van der Waals surface area contributed by atoms with E-state index in [1.165, 1.54) is 65.3 Å². The Kier molecular flexibility index (Phi) is 11.3. The predicted molar refractivity (Wildman–Crippen MR) is 294 cm³/mol. The number of nitrogens with zero attached hydrogens (tertiary/aromatic N) is 4. The Bertz CT molecular complexity index is 3620. The van der Waals surface area contributed by atoms with E-state index in [0.717, 1.165) is 79.1 Å². The van der Waals surface area contributed by atoms with Gasteiger partial charge in [-0.25, -0.2) is 4.98 Å². The van der Waals surface area contributed by atoms with Crippen molar-refractivity contribution >= 4 is 44.6 Å². The monoisotopic (exact) mass is 1130 g/mol. The summed E-state index contributed by atoms with van der Waals surface area (Å²) in [7, 11) is 0. The molecule has 0 amide bonds. The largest absolute Gasteiger partial charge is 0.509 e. The van der Waals surface area contributed by atoms with Crippen molar-refractivity contribution in [2.24, 2.45) is 23.7 Å². The Balaban J connectivity index is 0.00000516. The maximum atomic E-state index is 6.82. The third kappa shape index (κ3) is 7.40. The molecule has 2 aromatic heterocycles. The second kappa shape index (κ2) is 18.1. The van der Waals surface area contributed by atoms with Gasteiger partial charge in [0.1, 0.15) is 5.82 Å². The molecule has 10 aromatic rings. The maximum Gasteiger partial charge on any atom is 0.135 e. The third-order valence-electron chi connectivity index (χ3n) is 17.2. The predicted octanol–water partition coefficient (Wildman–Crippen LogP) is 17.0. The van der Waals surface area contributed by atoms with Crippen molar-refractivity contribution in [3.63, 3.8) is 0 Å². The Hall–Kier alpha value is -7.20. The summed E-state index contributed by atoms with van der Waals surface area (Å²) in [6, 6.07) is 72.9. The zero-order chi connectivity index (χ0) is 48.1. The van der Waals surface area contributed by atoms with Crippen molar-refractivity contribution in [3.8, 4) is 39.6 Å². The summed E-state index contributed by atoms with van der Waals surface area (Å²) >= 11 is 0. The second-order valence-corrected chi connectivity index (χ2v) is 21.0. The first-order valence-corrected chi connectivity index (χ1v) is 25.9. The molecule has 362 valence electrons. The quantitative estimate of drug-likeness (QED) is 0.135. The first-order valence-electron chi connectivity index (χ1n) is 25.9. The van der Waals surface area contributed by atoms with Crippen LogP contribution in [0.25, 0.3) is 49.9 Å². The van der Waals surface area contributed by atoms with Gasteiger partial charge in [0.2, 0.25) is 0 Å². The number of aryl methyl sites for hydroxylation is 2. The molecule has 0 spiro atoms. The van der Waals surface area contributed by atoms with Crippen LogP contribution >= 0.6 is 0 Å². The van der Waals surface area contributed by atoms with E-state index in [1.54, 1.807) is 0 Å². The Morgan fingerprint density at radius 1 is 0.548 bits per heavy atom. The van der Waals surface area contributed by atoms with Gasteiger partial charge in [0, 0.05) is 77.9 Å². The molecule has 0 atom stereocenters. The minimum atomic E-state index is -0.0499. The molecule has 4 saturated carbocycles. The van der Waals surface area contributed by atoms with Crippen molar-refractivity contribution in [2.75, 3.05) is 9.80 Å². The molecular formula is C67H55N4OPt-3. The van der Waals surface area contributed by atoms with Crippen molar-refractivity contribution in [2.45, 2.75) is 58.3 Å². The molecule has 8 aromatic carbocycles. The molecule has 0 radical (unpaired) electrons. The van der Waals surface area contributed by atoms with E-state index in [4.69, 9.17) is 9.72 Å². The molecule has 4 fully saturated rings. The van der Waals surface area contributed by atoms with Gasteiger partial charge in [0.15, 0.2) is 0 Å². The smallest absolute Gasteiger partial charge is 0.135 e. The van der Waals surface area contributed by atoms with Crippen LogP contribution in [0.4, 0.5) is 22.7 Å². The fourth-order valence-electron chi connectivity index (χ4n) is 14.0. The number of hydrogen-bond acceptors (Lipinski definition) is 4. The Labute approximate surface area is 443 Å². The number of benzene rings is 8. The van der Waals surface area contributed by atoms with Gasteiger partial charge < -0.3 is 19.1 Å². The number of aromatic nitrogens is 2. The fourth-order valence-corrected chi connectivity index (χ4v) is 14.0. The van der Waals surface area contributed by atoms with E-state index in [0.29, 0.717) is 23.3 Å². The molecule has 4 aliphatic carbocycles.